The van der Waals surface area contributed by atoms with Crippen LogP contribution >= 0.6 is 0 Å². The molecule has 0 aromatic carbocycles. The van der Waals surface area contributed by atoms with Gasteiger partial charge in [0.05, 0.1) is 6.61 Å². The van der Waals surface area contributed by atoms with Crippen LogP contribution in [0.15, 0.2) is 24.5 Å². The van der Waals surface area contributed by atoms with Gasteiger partial charge in [0.15, 0.2) is 0 Å². The second kappa shape index (κ2) is 8.05. The first-order valence-corrected chi connectivity index (χ1v) is 10.2. The van der Waals surface area contributed by atoms with Gasteiger partial charge in [-0.2, -0.15) is 0 Å². The number of hydrogen-bond donors (Lipinski definition) is 0. The molecule has 4 rings (SSSR count). The number of pyridine rings is 1. The van der Waals surface area contributed by atoms with Gasteiger partial charge in [0, 0.05) is 70.0 Å². The summed E-state index contributed by atoms with van der Waals surface area (Å²) in [5.74, 6) is 2.12. The minimum absolute atomic E-state index is 0.214. The molecule has 2 saturated heterocycles. The van der Waals surface area contributed by atoms with E-state index in [9.17, 15) is 4.79 Å². The Kier molecular flexibility index (Phi) is 5.55. The van der Waals surface area contributed by atoms with Crippen LogP contribution in [0.4, 0.5) is 0 Å². The molecule has 2 atom stereocenters. The fourth-order valence-corrected chi connectivity index (χ4v) is 4.58. The molecule has 0 radical (unpaired) electrons. The number of amides is 1. The molecule has 142 valence electrons. The highest BCUT2D eigenvalue weighted by atomic mass is 16.5. The summed E-state index contributed by atoms with van der Waals surface area (Å²) in [6.45, 7) is 7.51. The summed E-state index contributed by atoms with van der Waals surface area (Å²) >= 11 is 0. The fraction of sp³-hybridized carbons (Fsp3) is 0.714. The van der Waals surface area contributed by atoms with Crippen molar-refractivity contribution in [3.8, 4) is 0 Å². The van der Waals surface area contributed by atoms with Crippen LogP contribution in [0.25, 0.3) is 0 Å². The molecule has 0 N–H and O–H groups in total. The van der Waals surface area contributed by atoms with Crippen LogP contribution in [0.3, 0.4) is 0 Å². The van der Waals surface area contributed by atoms with Gasteiger partial charge in [-0.3, -0.25) is 14.7 Å². The summed E-state index contributed by atoms with van der Waals surface area (Å²) in [4.78, 5) is 20.4. The monoisotopic (exact) mass is 357 g/mol. The molecule has 26 heavy (non-hydrogen) atoms. The van der Waals surface area contributed by atoms with Crippen molar-refractivity contribution in [1.29, 1.82) is 0 Å². The molecule has 5 nitrogen and oxygen atoms in total. The first-order valence-electron chi connectivity index (χ1n) is 10.2. The lowest BCUT2D eigenvalue weighted by molar-refractivity contribution is -0.130. The van der Waals surface area contributed by atoms with E-state index >= 15 is 0 Å². The summed E-state index contributed by atoms with van der Waals surface area (Å²) < 4.78 is 6.08. The Balaban J connectivity index is 1.38. The van der Waals surface area contributed by atoms with Crippen molar-refractivity contribution in [2.24, 2.45) is 11.8 Å². The zero-order valence-corrected chi connectivity index (χ0v) is 15.8. The Morgan fingerprint density at radius 2 is 1.85 bits per heavy atom. The molecule has 1 aromatic rings. The molecule has 1 aliphatic carbocycles. The standard InChI is InChI=1S/C21H31N3O2/c1-16(25)23-10-6-20(7-11-23)24-12-19(15-26-14-17-2-3-17)21(13-24)18-4-8-22-9-5-18/h4-5,8-9,17,19-21H,2-3,6-7,10-15H2,1H3/t19-,21-/m0/s1. The number of hydrogen-bond acceptors (Lipinski definition) is 4. The third kappa shape index (κ3) is 4.26. The maximum Gasteiger partial charge on any atom is 0.219 e. The summed E-state index contributed by atoms with van der Waals surface area (Å²) in [5.41, 5.74) is 1.39. The first kappa shape index (κ1) is 17.9. The summed E-state index contributed by atoms with van der Waals surface area (Å²) in [6, 6.07) is 4.93. The van der Waals surface area contributed by atoms with E-state index in [1.807, 2.05) is 17.3 Å². The molecule has 2 aliphatic heterocycles. The highest BCUT2D eigenvalue weighted by Crippen LogP contribution is 2.36. The lowest BCUT2D eigenvalue weighted by atomic mass is 9.90. The van der Waals surface area contributed by atoms with Crippen molar-refractivity contribution in [2.75, 3.05) is 39.4 Å². The molecule has 0 spiro atoms. The number of carbonyl (C=O) groups is 1. The quantitative estimate of drug-likeness (QED) is 0.785. The van der Waals surface area contributed by atoms with Gasteiger partial charge < -0.3 is 9.64 Å². The molecule has 3 aliphatic rings. The van der Waals surface area contributed by atoms with Gasteiger partial charge >= 0.3 is 0 Å². The predicted molar refractivity (Wildman–Crippen MR) is 101 cm³/mol. The zero-order valence-electron chi connectivity index (χ0n) is 15.8. The number of nitrogens with zero attached hydrogens (tertiary/aromatic N) is 3. The summed E-state index contributed by atoms with van der Waals surface area (Å²) in [5, 5.41) is 0. The SMILES string of the molecule is CC(=O)N1CCC(N2C[C@@H](COCC3CC3)[C@H](c3ccncc3)C2)CC1. The molecule has 5 heteroatoms. The highest BCUT2D eigenvalue weighted by Gasteiger charge is 2.38. The largest absolute Gasteiger partial charge is 0.381 e. The zero-order chi connectivity index (χ0) is 17.9. The van der Waals surface area contributed by atoms with Crippen molar-refractivity contribution in [1.82, 2.24) is 14.8 Å². The van der Waals surface area contributed by atoms with Gasteiger partial charge in [-0.05, 0) is 49.3 Å². The van der Waals surface area contributed by atoms with E-state index < -0.39 is 0 Å². The van der Waals surface area contributed by atoms with Crippen molar-refractivity contribution in [3.05, 3.63) is 30.1 Å². The topological polar surface area (TPSA) is 45.7 Å². The Bertz CT molecular complexity index is 597. The van der Waals surface area contributed by atoms with Crippen LogP contribution in [-0.4, -0.2) is 66.1 Å². The highest BCUT2D eigenvalue weighted by molar-refractivity contribution is 5.73. The molecule has 0 bridgehead atoms. The van der Waals surface area contributed by atoms with Crippen LogP contribution in [0.1, 0.15) is 44.1 Å². The molecule has 3 heterocycles. The van der Waals surface area contributed by atoms with E-state index in [-0.39, 0.29) is 5.91 Å². The Hall–Kier alpha value is -1.46. The minimum Gasteiger partial charge on any atom is -0.381 e. The van der Waals surface area contributed by atoms with Crippen LogP contribution in [0.2, 0.25) is 0 Å². The van der Waals surface area contributed by atoms with Gasteiger partial charge in [0.1, 0.15) is 0 Å². The third-order valence-corrected chi connectivity index (χ3v) is 6.41. The summed E-state index contributed by atoms with van der Waals surface area (Å²) in [7, 11) is 0. The smallest absolute Gasteiger partial charge is 0.219 e. The Morgan fingerprint density at radius 1 is 1.12 bits per heavy atom. The van der Waals surface area contributed by atoms with Gasteiger partial charge in [0.2, 0.25) is 5.91 Å². The second-order valence-corrected chi connectivity index (χ2v) is 8.32. The van der Waals surface area contributed by atoms with Crippen molar-refractivity contribution in [3.63, 3.8) is 0 Å². The van der Waals surface area contributed by atoms with Crippen LogP contribution in [-0.2, 0) is 9.53 Å². The number of piperidine rings is 1. The lowest BCUT2D eigenvalue weighted by Gasteiger charge is -2.36. The molecule has 3 fully saturated rings. The third-order valence-electron chi connectivity index (χ3n) is 6.41. The minimum atomic E-state index is 0.214. The maximum absolute atomic E-state index is 11.6. The van der Waals surface area contributed by atoms with E-state index in [1.54, 1.807) is 6.92 Å². The molecule has 0 unspecified atom stereocenters. The van der Waals surface area contributed by atoms with Gasteiger partial charge in [-0.25, -0.2) is 0 Å². The Labute approximate surface area is 156 Å². The molecule has 1 saturated carbocycles. The first-order chi connectivity index (χ1) is 12.7. The van der Waals surface area contributed by atoms with Gasteiger partial charge in [-0.1, -0.05) is 0 Å². The molecular formula is C21H31N3O2. The van der Waals surface area contributed by atoms with Crippen LogP contribution in [0.5, 0.6) is 0 Å². The number of likely N-dealkylation sites (tertiary alicyclic amines) is 2. The number of rotatable bonds is 6. The van der Waals surface area contributed by atoms with E-state index in [0.29, 0.717) is 17.9 Å². The van der Waals surface area contributed by atoms with E-state index in [1.165, 1.54) is 18.4 Å². The van der Waals surface area contributed by atoms with Gasteiger partial charge in [0.25, 0.3) is 0 Å². The van der Waals surface area contributed by atoms with Crippen molar-refractivity contribution in [2.45, 2.75) is 44.6 Å². The van der Waals surface area contributed by atoms with Crippen LogP contribution < -0.4 is 0 Å². The molecular weight excluding hydrogens is 326 g/mol. The number of carbonyl (C=O) groups excluding carboxylic acids is 1. The fourth-order valence-electron chi connectivity index (χ4n) is 4.58. The average Bonchev–Trinajstić information content (AvgIpc) is 3.40. The van der Waals surface area contributed by atoms with Crippen molar-refractivity contribution >= 4 is 5.91 Å². The number of aromatic nitrogens is 1. The predicted octanol–water partition coefficient (Wildman–Crippen LogP) is 2.53. The van der Waals surface area contributed by atoms with E-state index in [0.717, 1.165) is 58.2 Å². The summed E-state index contributed by atoms with van der Waals surface area (Å²) in [6.07, 6.45) is 8.70. The molecule has 1 amide bonds. The van der Waals surface area contributed by atoms with E-state index in [2.05, 4.69) is 22.0 Å². The average molecular weight is 357 g/mol. The van der Waals surface area contributed by atoms with Crippen LogP contribution in [0, 0.1) is 11.8 Å². The Morgan fingerprint density at radius 3 is 2.50 bits per heavy atom. The van der Waals surface area contributed by atoms with Crippen molar-refractivity contribution < 1.29 is 9.53 Å². The van der Waals surface area contributed by atoms with Gasteiger partial charge in [-0.15, -0.1) is 0 Å². The van der Waals surface area contributed by atoms with E-state index in [4.69, 9.17) is 4.74 Å². The molecule has 1 aromatic heterocycles. The second-order valence-electron chi connectivity index (χ2n) is 8.32. The normalized spacial score (nSPS) is 27.8. The lowest BCUT2D eigenvalue weighted by Crippen LogP contribution is -2.45. The number of ether oxygens (including phenoxy) is 1. The maximum atomic E-state index is 11.6.